The number of aliphatic hydroxyl groups excluding tert-OH is 1. The minimum absolute atomic E-state index is 0.346. The molecule has 0 aromatic heterocycles. The molecule has 2 nitrogen and oxygen atoms in total. The van der Waals surface area contributed by atoms with E-state index in [-0.39, 0.29) is 0 Å². The highest BCUT2D eigenvalue weighted by molar-refractivity contribution is 5.20. The van der Waals surface area contributed by atoms with Crippen molar-refractivity contribution in [3.63, 3.8) is 0 Å². The van der Waals surface area contributed by atoms with E-state index in [0.717, 1.165) is 35.5 Å². The summed E-state index contributed by atoms with van der Waals surface area (Å²) in [5.41, 5.74) is 0. The normalized spacial score (nSPS) is 58.2. The highest BCUT2D eigenvalue weighted by Crippen LogP contribution is 2.65. The molecule has 4 aliphatic rings. The van der Waals surface area contributed by atoms with Gasteiger partial charge in [-0.05, 0) is 61.7 Å². The molecule has 88 valence electrons. The number of hydrogen-bond acceptors (Lipinski definition) is 2. The molecule has 0 spiro atoms. The summed E-state index contributed by atoms with van der Waals surface area (Å²) in [5.74, 6) is 5.21. The summed E-state index contributed by atoms with van der Waals surface area (Å²) in [6.45, 7) is 1.74. The van der Waals surface area contributed by atoms with Gasteiger partial charge in [-0.1, -0.05) is 12.2 Å². The number of allylic oxidation sites excluding steroid dienone is 2. The van der Waals surface area contributed by atoms with Crippen LogP contribution in [0.5, 0.6) is 0 Å². The summed E-state index contributed by atoms with van der Waals surface area (Å²) in [6, 6.07) is 0. The van der Waals surface area contributed by atoms with Gasteiger partial charge in [0, 0.05) is 0 Å². The molecule has 0 amide bonds. The highest BCUT2D eigenvalue weighted by atomic mass is 16.6. The molecule has 3 saturated carbocycles. The van der Waals surface area contributed by atoms with Crippen LogP contribution in [0.4, 0.5) is 0 Å². The van der Waals surface area contributed by atoms with Crippen molar-refractivity contribution >= 4 is 0 Å². The Balaban J connectivity index is 1.59. The van der Waals surface area contributed by atoms with Crippen LogP contribution in [0, 0.1) is 35.5 Å². The van der Waals surface area contributed by atoms with Crippen molar-refractivity contribution in [2.45, 2.75) is 38.6 Å². The van der Waals surface area contributed by atoms with Crippen LogP contribution in [0.25, 0.3) is 0 Å². The molecule has 8 unspecified atom stereocenters. The van der Waals surface area contributed by atoms with Gasteiger partial charge in [0.25, 0.3) is 0 Å². The van der Waals surface area contributed by atoms with E-state index in [9.17, 15) is 5.11 Å². The fraction of sp³-hybridized carbons (Fsp3) is 0.857. The second-order valence-corrected chi connectivity index (χ2v) is 6.27. The first-order valence-electron chi connectivity index (χ1n) is 6.76. The standard InChI is InChI=1S/C14H20O2/c1-7(15)16-12-6-10-5-11(12)14-9-3-2-8(4-9)13(10)14/h2-3,7-15H,4-6H2,1H3. The van der Waals surface area contributed by atoms with Gasteiger partial charge in [0.2, 0.25) is 0 Å². The number of fused-ring (bicyclic) bond motifs is 9. The van der Waals surface area contributed by atoms with E-state index >= 15 is 0 Å². The smallest absolute Gasteiger partial charge is 0.152 e. The van der Waals surface area contributed by atoms with Crippen molar-refractivity contribution in [2.24, 2.45) is 35.5 Å². The van der Waals surface area contributed by atoms with Crippen molar-refractivity contribution in [3.05, 3.63) is 12.2 Å². The third kappa shape index (κ3) is 1.10. The second kappa shape index (κ2) is 3.11. The minimum Gasteiger partial charge on any atom is -0.368 e. The Hall–Kier alpha value is -0.340. The second-order valence-electron chi connectivity index (χ2n) is 6.27. The van der Waals surface area contributed by atoms with Gasteiger partial charge < -0.3 is 9.84 Å². The zero-order valence-corrected chi connectivity index (χ0v) is 9.75. The summed E-state index contributed by atoms with van der Waals surface area (Å²) < 4.78 is 5.69. The highest BCUT2D eigenvalue weighted by Gasteiger charge is 2.61. The zero-order valence-electron chi connectivity index (χ0n) is 9.75. The Morgan fingerprint density at radius 1 is 1.12 bits per heavy atom. The van der Waals surface area contributed by atoms with Gasteiger partial charge in [-0.2, -0.15) is 0 Å². The average Bonchev–Trinajstić information content (AvgIpc) is 2.93. The van der Waals surface area contributed by atoms with Crippen LogP contribution < -0.4 is 0 Å². The average molecular weight is 220 g/mol. The maximum Gasteiger partial charge on any atom is 0.152 e. The maximum absolute atomic E-state index is 9.38. The lowest BCUT2D eigenvalue weighted by Gasteiger charge is -2.36. The van der Waals surface area contributed by atoms with Crippen LogP contribution >= 0.6 is 0 Å². The Morgan fingerprint density at radius 3 is 2.62 bits per heavy atom. The molecule has 0 heterocycles. The molecule has 0 aliphatic heterocycles. The zero-order chi connectivity index (χ0) is 10.9. The molecule has 4 aliphatic carbocycles. The van der Waals surface area contributed by atoms with Crippen LogP contribution in [0.2, 0.25) is 0 Å². The predicted molar refractivity (Wildman–Crippen MR) is 60.5 cm³/mol. The van der Waals surface area contributed by atoms with E-state index in [0.29, 0.717) is 6.10 Å². The third-order valence-corrected chi connectivity index (χ3v) is 5.58. The molecule has 0 saturated heterocycles. The summed E-state index contributed by atoms with van der Waals surface area (Å²) >= 11 is 0. The van der Waals surface area contributed by atoms with Crippen molar-refractivity contribution in [3.8, 4) is 0 Å². The number of ether oxygens (including phenoxy) is 1. The van der Waals surface area contributed by atoms with E-state index < -0.39 is 6.29 Å². The lowest BCUT2D eigenvalue weighted by molar-refractivity contribution is -0.148. The first-order valence-corrected chi connectivity index (χ1v) is 6.76. The molecule has 2 heteroatoms. The monoisotopic (exact) mass is 220 g/mol. The fourth-order valence-electron chi connectivity index (χ4n) is 5.36. The molecular weight excluding hydrogens is 200 g/mol. The predicted octanol–water partition coefficient (Wildman–Crippen LogP) is 2.19. The van der Waals surface area contributed by atoms with E-state index in [1.54, 1.807) is 6.92 Å². The molecule has 0 aromatic rings. The first kappa shape index (κ1) is 9.67. The SMILES string of the molecule is CC(O)OC1CC2CC1C1C3C=CC(C3)C21. The largest absolute Gasteiger partial charge is 0.368 e. The Morgan fingerprint density at radius 2 is 1.88 bits per heavy atom. The van der Waals surface area contributed by atoms with Gasteiger partial charge in [0.05, 0.1) is 6.10 Å². The molecule has 4 rings (SSSR count). The van der Waals surface area contributed by atoms with Crippen LogP contribution in [-0.4, -0.2) is 17.5 Å². The van der Waals surface area contributed by atoms with Crippen molar-refractivity contribution in [2.75, 3.05) is 0 Å². The molecule has 8 atom stereocenters. The maximum atomic E-state index is 9.38. The van der Waals surface area contributed by atoms with E-state index in [4.69, 9.17) is 4.74 Å². The quantitative estimate of drug-likeness (QED) is 0.439. The van der Waals surface area contributed by atoms with E-state index in [1.807, 2.05) is 0 Å². The Labute approximate surface area is 96.7 Å². The number of rotatable bonds is 2. The van der Waals surface area contributed by atoms with Gasteiger partial charge in [-0.15, -0.1) is 0 Å². The van der Waals surface area contributed by atoms with Gasteiger partial charge in [0.15, 0.2) is 6.29 Å². The van der Waals surface area contributed by atoms with E-state index in [1.165, 1.54) is 19.3 Å². The first-order chi connectivity index (χ1) is 7.74. The summed E-state index contributed by atoms with van der Waals surface area (Å²) in [5, 5.41) is 9.38. The van der Waals surface area contributed by atoms with Gasteiger partial charge >= 0.3 is 0 Å². The molecular formula is C14H20O2. The molecule has 0 radical (unpaired) electrons. The lowest BCUT2D eigenvalue weighted by atomic mass is 9.72. The van der Waals surface area contributed by atoms with Crippen LogP contribution in [-0.2, 0) is 4.74 Å². The minimum atomic E-state index is -0.586. The Bertz CT molecular complexity index is 336. The fourth-order valence-corrected chi connectivity index (χ4v) is 5.36. The summed E-state index contributed by atoms with van der Waals surface area (Å²) in [6.07, 6.45) is 8.65. The molecule has 4 bridgehead atoms. The summed E-state index contributed by atoms with van der Waals surface area (Å²) in [7, 11) is 0. The third-order valence-electron chi connectivity index (χ3n) is 5.58. The van der Waals surface area contributed by atoms with E-state index in [2.05, 4.69) is 12.2 Å². The summed E-state index contributed by atoms with van der Waals surface area (Å²) in [4.78, 5) is 0. The van der Waals surface area contributed by atoms with Crippen LogP contribution in [0.3, 0.4) is 0 Å². The van der Waals surface area contributed by atoms with Crippen molar-refractivity contribution in [1.82, 2.24) is 0 Å². The van der Waals surface area contributed by atoms with Gasteiger partial charge in [-0.3, -0.25) is 0 Å². The van der Waals surface area contributed by atoms with Gasteiger partial charge in [-0.25, -0.2) is 0 Å². The molecule has 1 N–H and O–H groups in total. The Kier molecular flexibility index (Phi) is 1.88. The van der Waals surface area contributed by atoms with Crippen LogP contribution in [0.1, 0.15) is 26.2 Å². The number of hydrogen-bond donors (Lipinski definition) is 1. The molecule has 3 fully saturated rings. The number of aliphatic hydroxyl groups is 1. The van der Waals surface area contributed by atoms with Crippen molar-refractivity contribution < 1.29 is 9.84 Å². The van der Waals surface area contributed by atoms with Crippen molar-refractivity contribution in [1.29, 1.82) is 0 Å². The van der Waals surface area contributed by atoms with Crippen LogP contribution in [0.15, 0.2) is 12.2 Å². The molecule has 0 aromatic carbocycles. The van der Waals surface area contributed by atoms with Gasteiger partial charge in [0.1, 0.15) is 0 Å². The molecule has 16 heavy (non-hydrogen) atoms. The topological polar surface area (TPSA) is 29.5 Å². The lowest BCUT2D eigenvalue weighted by Crippen LogP contribution is -2.36.